The first kappa shape index (κ1) is 17.0. The van der Waals surface area contributed by atoms with E-state index in [-0.39, 0.29) is 12.5 Å². The summed E-state index contributed by atoms with van der Waals surface area (Å²) >= 11 is 0. The molecule has 1 fully saturated rings. The third-order valence-corrected chi connectivity index (χ3v) is 4.19. The SMILES string of the molecule is O=C(CNC(=O)c1ccccc1)NC1(C(=O)O)CCCCCC1. The minimum atomic E-state index is -1.20. The average molecular weight is 318 g/mol. The predicted molar refractivity (Wildman–Crippen MR) is 85.0 cm³/mol. The molecule has 0 atom stereocenters. The second-order valence-corrected chi connectivity index (χ2v) is 5.90. The normalized spacial score (nSPS) is 16.9. The topological polar surface area (TPSA) is 95.5 Å². The fraction of sp³-hybridized carbons (Fsp3) is 0.471. The summed E-state index contributed by atoms with van der Waals surface area (Å²) < 4.78 is 0. The van der Waals surface area contributed by atoms with Crippen LogP contribution in [-0.2, 0) is 9.59 Å². The molecule has 0 saturated heterocycles. The lowest BCUT2D eigenvalue weighted by Gasteiger charge is -2.29. The zero-order valence-electron chi connectivity index (χ0n) is 13.0. The van der Waals surface area contributed by atoms with Crippen LogP contribution in [0, 0.1) is 0 Å². The quantitative estimate of drug-likeness (QED) is 0.720. The second-order valence-electron chi connectivity index (χ2n) is 5.90. The van der Waals surface area contributed by atoms with Crippen molar-refractivity contribution in [3.8, 4) is 0 Å². The minimum Gasteiger partial charge on any atom is -0.480 e. The number of carbonyl (C=O) groups is 3. The average Bonchev–Trinajstić information content (AvgIpc) is 2.80. The number of benzene rings is 1. The molecule has 1 aliphatic rings. The monoisotopic (exact) mass is 318 g/mol. The first-order valence-corrected chi connectivity index (χ1v) is 7.91. The molecule has 0 radical (unpaired) electrons. The minimum absolute atomic E-state index is 0.233. The highest BCUT2D eigenvalue weighted by atomic mass is 16.4. The molecule has 0 spiro atoms. The van der Waals surface area contributed by atoms with Crippen molar-refractivity contribution in [3.63, 3.8) is 0 Å². The Kier molecular flexibility index (Phi) is 5.73. The van der Waals surface area contributed by atoms with Gasteiger partial charge in [0.1, 0.15) is 5.54 Å². The number of rotatable bonds is 5. The predicted octanol–water partition coefficient (Wildman–Crippen LogP) is 1.71. The van der Waals surface area contributed by atoms with Crippen LogP contribution in [0.4, 0.5) is 0 Å². The van der Waals surface area contributed by atoms with E-state index in [4.69, 9.17) is 0 Å². The standard InChI is InChI=1S/C17H22N2O4/c20-14(12-18-15(21)13-8-4-3-5-9-13)19-17(16(22)23)10-6-1-2-7-11-17/h3-5,8-9H,1-2,6-7,10-12H2,(H,18,21)(H,19,20)(H,22,23). The van der Waals surface area contributed by atoms with Gasteiger partial charge in [-0.3, -0.25) is 9.59 Å². The van der Waals surface area contributed by atoms with Gasteiger partial charge in [0, 0.05) is 5.56 Å². The van der Waals surface area contributed by atoms with Gasteiger partial charge < -0.3 is 15.7 Å². The molecular weight excluding hydrogens is 296 g/mol. The number of carboxylic acids is 1. The van der Waals surface area contributed by atoms with Crippen molar-refractivity contribution in [1.82, 2.24) is 10.6 Å². The highest BCUT2D eigenvalue weighted by Gasteiger charge is 2.39. The van der Waals surface area contributed by atoms with Gasteiger partial charge in [-0.05, 0) is 25.0 Å². The summed E-state index contributed by atoms with van der Waals surface area (Å²) in [5.41, 5.74) is -0.742. The summed E-state index contributed by atoms with van der Waals surface area (Å²) in [6.07, 6.45) is 4.39. The van der Waals surface area contributed by atoms with Crippen molar-refractivity contribution in [2.24, 2.45) is 0 Å². The van der Waals surface area contributed by atoms with Crippen molar-refractivity contribution in [2.75, 3.05) is 6.54 Å². The number of carboxylic acid groups (broad SMARTS) is 1. The van der Waals surface area contributed by atoms with Gasteiger partial charge in [0.05, 0.1) is 6.54 Å². The van der Waals surface area contributed by atoms with Crippen molar-refractivity contribution >= 4 is 17.8 Å². The van der Waals surface area contributed by atoms with Gasteiger partial charge in [-0.2, -0.15) is 0 Å². The van der Waals surface area contributed by atoms with E-state index >= 15 is 0 Å². The maximum absolute atomic E-state index is 12.1. The maximum atomic E-state index is 12.1. The van der Waals surface area contributed by atoms with E-state index in [0.29, 0.717) is 18.4 Å². The van der Waals surface area contributed by atoms with E-state index in [1.807, 2.05) is 0 Å². The molecule has 3 N–H and O–H groups in total. The van der Waals surface area contributed by atoms with Crippen LogP contribution in [0.15, 0.2) is 30.3 Å². The van der Waals surface area contributed by atoms with Crippen LogP contribution in [0.5, 0.6) is 0 Å². The Morgan fingerprint density at radius 3 is 2.17 bits per heavy atom. The number of hydrogen-bond donors (Lipinski definition) is 3. The lowest BCUT2D eigenvalue weighted by Crippen LogP contribution is -2.56. The lowest BCUT2D eigenvalue weighted by atomic mass is 9.90. The molecule has 124 valence electrons. The molecule has 2 amide bonds. The number of nitrogens with one attached hydrogen (secondary N) is 2. The number of aliphatic carboxylic acids is 1. The van der Waals surface area contributed by atoms with E-state index < -0.39 is 17.4 Å². The Morgan fingerprint density at radius 2 is 1.61 bits per heavy atom. The molecule has 6 heteroatoms. The molecule has 0 aromatic heterocycles. The second kappa shape index (κ2) is 7.76. The highest BCUT2D eigenvalue weighted by molar-refractivity contribution is 5.97. The van der Waals surface area contributed by atoms with E-state index in [0.717, 1.165) is 25.7 Å². The molecule has 2 rings (SSSR count). The molecule has 1 aromatic rings. The van der Waals surface area contributed by atoms with E-state index in [2.05, 4.69) is 10.6 Å². The van der Waals surface area contributed by atoms with Crippen LogP contribution in [0.2, 0.25) is 0 Å². The Morgan fingerprint density at radius 1 is 1.00 bits per heavy atom. The number of carbonyl (C=O) groups excluding carboxylic acids is 2. The van der Waals surface area contributed by atoms with Gasteiger partial charge in [-0.25, -0.2) is 4.79 Å². The molecule has 0 heterocycles. The maximum Gasteiger partial charge on any atom is 0.329 e. The van der Waals surface area contributed by atoms with Crippen LogP contribution in [0.1, 0.15) is 48.9 Å². The molecule has 1 saturated carbocycles. The third kappa shape index (κ3) is 4.55. The highest BCUT2D eigenvalue weighted by Crippen LogP contribution is 2.27. The van der Waals surface area contributed by atoms with Crippen LogP contribution in [0.25, 0.3) is 0 Å². The van der Waals surface area contributed by atoms with Crippen molar-refractivity contribution in [3.05, 3.63) is 35.9 Å². The fourth-order valence-corrected chi connectivity index (χ4v) is 2.89. The van der Waals surface area contributed by atoms with Crippen molar-refractivity contribution < 1.29 is 19.5 Å². The largest absolute Gasteiger partial charge is 0.480 e. The van der Waals surface area contributed by atoms with Crippen LogP contribution >= 0.6 is 0 Å². The van der Waals surface area contributed by atoms with Crippen LogP contribution < -0.4 is 10.6 Å². The van der Waals surface area contributed by atoms with E-state index in [1.165, 1.54) is 0 Å². The number of amides is 2. The molecule has 0 aliphatic heterocycles. The van der Waals surface area contributed by atoms with Gasteiger partial charge in [0.25, 0.3) is 5.91 Å². The fourth-order valence-electron chi connectivity index (χ4n) is 2.89. The molecule has 0 unspecified atom stereocenters. The third-order valence-electron chi connectivity index (χ3n) is 4.19. The number of hydrogen-bond acceptors (Lipinski definition) is 3. The summed E-state index contributed by atoms with van der Waals surface area (Å²) in [5, 5.41) is 14.7. The van der Waals surface area contributed by atoms with Gasteiger partial charge in [-0.15, -0.1) is 0 Å². The summed E-state index contributed by atoms with van der Waals surface area (Å²) in [7, 11) is 0. The van der Waals surface area contributed by atoms with Gasteiger partial charge in [0.15, 0.2) is 0 Å². The molecule has 0 bridgehead atoms. The zero-order chi connectivity index (χ0) is 16.7. The molecule has 23 heavy (non-hydrogen) atoms. The lowest BCUT2D eigenvalue weighted by molar-refractivity contribution is -0.148. The summed E-state index contributed by atoms with van der Waals surface area (Å²) in [4.78, 5) is 35.6. The summed E-state index contributed by atoms with van der Waals surface area (Å²) in [6.45, 7) is -0.233. The zero-order valence-corrected chi connectivity index (χ0v) is 13.0. The first-order chi connectivity index (χ1) is 11.0. The van der Waals surface area contributed by atoms with E-state index in [1.54, 1.807) is 30.3 Å². The summed E-state index contributed by atoms with van der Waals surface area (Å²) in [6, 6.07) is 8.57. The van der Waals surface area contributed by atoms with Crippen molar-refractivity contribution in [2.45, 2.75) is 44.1 Å². The Balaban J connectivity index is 1.92. The van der Waals surface area contributed by atoms with Gasteiger partial charge in [0.2, 0.25) is 5.91 Å². The Bertz CT molecular complexity index is 563. The Hall–Kier alpha value is -2.37. The molecule has 1 aromatic carbocycles. The molecule has 1 aliphatic carbocycles. The van der Waals surface area contributed by atoms with Crippen LogP contribution in [-0.4, -0.2) is 35.0 Å². The van der Waals surface area contributed by atoms with Gasteiger partial charge in [-0.1, -0.05) is 43.9 Å². The van der Waals surface area contributed by atoms with Crippen LogP contribution in [0.3, 0.4) is 0 Å². The Labute approximate surface area is 135 Å². The summed E-state index contributed by atoms with van der Waals surface area (Å²) in [5.74, 6) is -1.83. The smallest absolute Gasteiger partial charge is 0.329 e. The van der Waals surface area contributed by atoms with Gasteiger partial charge >= 0.3 is 5.97 Å². The molecular formula is C17H22N2O4. The van der Waals surface area contributed by atoms with Crippen molar-refractivity contribution in [1.29, 1.82) is 0 Å². The first-order valence-electron chi connectivity index (χ1n) is 7.91. The van der Waals surface area contributed by atoms with E-state index in [9.17, 15) is 19.5 Å². The molecule has 6 nitrogen and oxygen atoms in total.